The van der Waals surface area contributed by atoms with E-state index in [2.05, 4.69) is 20.6 Å². The van der Waals surface area contributed by atoms with Crippen molar-refractivity contribution in [1.29, 1.82) is 0 Å². The zero-order valence-electron chi connectivity index (χ0n) is 22.7. The number of hydroxylamine groups is 1. The van der Waals surface area contributed by atoms with E-state index in [1.807, 2.05) is 24.3 Å². The van der Waals surface area contributed by atoms with Crippen molar-refractivity contribution >= 4 is 62.9 Å². The number of nitrogens with one attached hydrogen (secondary N) is 3. The van der Waals surface area contributed by atoms with Crippen molar-refractivity contribution < 1.29 is 24.4 Å². The topological polar surface area (TPSA) is 154 Å². The Balaban J connectivity index is 1.37. The molecule has 0 fully saturated rings. The SMILES string of the molecule is O=C(C=Cc1ccc(C(=O)N(CC(=O)Nc2cccc3cccnc23)CC(=O)Nc2cccc3cccnc23)cc1)NO. The van der Waals surface area contributed by atoms with E-state index >= 15 is 0 Å². The average molecular weight is 575 g/mol. The summed E-state index contributed by atoms with van der Waals surface area (Å²) in [6.07, 6.45) is 5.82. The van der Waals surface area contributed by atoms with Crippen molar-refractivity contribution in [2.45, 2.75) is 0 Å². The molecule has 0 radical (unpaired) electrons. The van der Waals surface area contributed by atoms with E-state index in [0.717, 1.165) is 21.7 Å². The van der Waals surface area contributed by atoms with Crippen molar-refractivity contribution in [3.05, 3.63) is 115 Å². The third-order valence-corrected chi connectivity index (χ3v) is 6.46. The van der Waals surface area contributed by atoms with Crippen LogP contribution in [0.15, 0.2) is 103 Å². The van der Waals surface area contributed by atoms with E-state index in [1.54, 1.807) is 60.9 Å². The first-order valence-corrected chi connectivity index (χ1v) is 13.2. The minimum absolute atomic E-state index is 0.225. The second kappa shape index (κ2) is 13.1. The van der Waals surface area contributed by atoms with Gasteiger partial charge >= 0.3 is 0 Å². The van der Waals surface area contributed by atoms with E-state index in [-0.39, 0.29) is 5.56 Å². The lowest BCUT2D eigenvalue weighted by atomic mass is 10.1. The van der Waals surface area contributed by atoms with Crippen LogP contribution in [0, 0.1) is 0 Å². The summed E-state index contributed by atoms with van der Waals surface area (Å²) in [5.74, 6) is -2.28. The van der Waals surface area contributed by atoms with Crippen molar-refractivity contribution in [3.8, 4) is 0 Å². The molecule has 2 aromatic heterocycles. The number of anilines is 2. The predicted molar refractivity (Wildman–Crippen MR) is 162 cm³/mol. The second-order valence-corrected chi connectivity index (χ2v) is 9.45. The van der Waals surface area contributed by atoms with Crippen LogP contribution < -0.4 is 16.1 Å². The van der Waals surface area contributed by atoms with Crippen LogP contribution in [0.5, 0.6) is 0 Å². The lowest BCUT2D eigenvalue weighted by Crippen LogP contribution is -2.42. The molecule has 0 aliphatic carbocycles. The van der Waals surface area contributed by atoms with Crippen LogP contribution in [0.1, 0.15) is 15.9 Å². The Morgan fingerprint density at radius 1 is 0.698 bits per heavy atom. The number of aromatic nitrogens is 2. The molecule has 0 saturated carbocycles. The number of hydrogen-bond acceptors (Lipinski definition) is 7. The fourth-order valence-electron chi connectivity index (χ4n) is 4.46. The van der Waals surface area contributed by atoms with Crippen molar-refractivity contribution in [3.63, 3.8) is 0 Å². The molecule has 11 nitrogen and oxygen atoms in total. The number of rotatable bonds is 9. The Bertz CT molecular complexity index is 1750. The van der Waals surface area contributed by atoms with Gasteiger partial charge in [-0.1, -0.05) is 48.5 Å². The third-order valence-electron chi connectivity index (χ3n) is 6.46. The maximum Gasteiger partial charge on any atom is 0.267 e. The molecule has 0 unspecified atom stereocenters. The number of para-hydroxylation sites is 2. The van der Waals surface area contributed by atoms with Gasteiger partial charge in [0.25, 0.3) is 11.8 Å². The lowest BCUT2D eigenvalue weighted by Gasteiger charge is -2.22. The van der Waals surface area contributed by atoms with Crippen LogP contribution in [0.2, 0.25) is 0 Å². The standard InChI is InChI=1S/C32H26N6O5/c39-27(37-43)16-13-21-11-14-24(15-12-21)32(42)38(19-28(40)35-25-9-1-5-22-7-3-17-33-30(22)25)20-29(41)36-26-10-2-6-23-8-4-18-34-31(23)26/h1-18,43H,19-20H2,(H,35,40)(H,36,41)(H,37,39). The molecule has 43 heavy (non-hydrogen) atoms. The summed E-state index contributed by atoms with van der Waals surface area (Å²) >= 11 is 0. The largest absolute Gasteiger partial charge is 0.323 e. The van der Waals surface area contributed by atoms with Crippen LogP contribution in [-0.4, -0.2) is 56.8 Å². The number of pyridine rings is 2. The molecule has 11 heteroatoms. The van der Waals surface area contributed by atoms with Gasteiger partial charge in [-0.3, -0.25) is 34.4 Å². The Morgan fingerprint density at radius 2 is 1.21 bits per heavy atom. The third kappa shape index (κ3) is 7.04. The number of amides is 4. The van der Waals surface area contributed by atoms with Crippen LogP contribution >= 0.6 is 0 Å². The van der Waals surface area contributed by atoms with Gasteiger partial charge in [0.1, 0.15) is 13.1 Å². The number of fused-ring (bicyclic) bond motifs is 2. The molecule has 4 N–H and O–H groups in total. The highest BCUT2D eigenvalue weighted by atomic mass is 16.5. The van der Waals surface area contributed by atoms with E-state index in [0.29, 0.717) is 28.0 Å². The Morgan fingerprint density at radius 3 is 1.72 bits per heavy atom. The van der Waals surface area contributed by atoms with Gasteiger partial charge in [0.2, 0.25) is 11.8 Å². The fourth-order valence-corrected chi connectivity index (χ4v) is 4.46. The van der Waals surface area contributed by atoms with Crippen molar-refractivity contribution in [1.82, 2.24) is 20.3 Å². The van der Waals surface area contributed by atoms with Gasteiger partial charge < -0.3 is 15.5 Å². The van der Waals surface area contributed by atoms with Gasteiger partial charge in [0, 0.05) is 34.8 Å². The number of carbonyl (C=O) groups is 4. The molecule has 3 aromatic carbocycles. The highest BCUT2D eigenvalue weighted by molar-refractivity contribution is 6.06. The van der Waals surface area contributed by atoms with Gasteiger partial charge in [-0.2, -0.15) is 0 Å². The van der Waals surface area contributed by atoms with E-state index in [1.165, 1.54) is 23.7 Å². The molecular formula is C32H26N6O5. The molecule has 4 amide bonds. The molecule has 2 heterocycles. The number of hydrogen-bond donors (Lipinski definition) is 4. The fraction of sp³-hybridized carbons (Fsp3) is 0.0625. The highest BCUT2D eigenvalue weighted by Gasteiger charge is 2.23. The predicted octanol–water partition coefficient (Wildman–Crippen LogP) is 4.02. The number of nitrogens with zero attached hydrogens (tertiary/aromatic N) is 3. The van der Waals surface area contributed by atoms with Crippen LogP contribution in [-0.2, 0) is 14.4 Å². The smallest absolute Gasteiger partial charge is 0.267 e. The minimum Gasteiger partial charge on any atom is -0.323 e. The zero-order chi connectivity index (χ0) is 30.2. The van der Waals surface area contributed by atoms with Crippen LogP contribution in [0.3, 0.4) is 0 Å². The maximum atomic E-state index is 13.6. The van der Waals surface area contributed by atoms with E-state index < -0.39 is 36.7 Å². The maximum absolute atomic E-state index is 13.6. The molecule has 0 aliphatic heterocycles. The Kier molecular flexibility index (Phi) is 8.74. The molecular weight excluding hydrogens is 548 g/mol. The summed E-state index contributed by atoms with van der Waals surface area (Å²) in [7, 11) is 0. The molecule has 0 spiro atoms. The van der Waals surface area contributed by atoms with Crippen LogP contribution in [0.4, 0.5) is 11.4 Å². The van der Waals surface area contributed by atoms with Gasteiger partial charge in [0.05, 0.1) is 22.4 Å². The first kappa shape index (κ1) is 28.6. The number of benzene rings is 3. The highest BCUT2D eigenvalue weighted by Crippen LogP contribution is 2.22. The molecule has 0 atom stereocenters. The molecule has 5 rings (SSSR count). The van der Waals surface area contributed by atoms with E-state index in [4.69, 9.17) is 5.21 Å². The summed E-state index contributed by atoms with van der Waals surface area (Å²) in [5, 5.41) is 15.9. The van der Waals surface area contributed by atoms with Gasteiger partial charge in [-0.25, -0.2) is 5.48 Å². The zero-order valence-corrected chi connectivity index (χ0v) is 22.7. The van der Waals surface area contributed by atoms with Gasteiger partial charge in [-0.05, 0) is 48.0 Å². The first-order chi connectivity index (χ1) is 20.9. The summed E-state index contributed by atoms with van der Waals surface area (Å²) in [6.45, 7) is -0.830. The Labute approximate surface area is 245 Å². The number of carbonyl (C=O) groups excluding carboxylic acids is 4. The van der Waals surface area contributed by atoms with Crippen molar-refractivity contribution in [2.75, 3.05) is 23.7 Å². The Hall–Kier alpha value is -5.94. The molecule has 5 aromatic rings. The van der Waals surface area contributed by atoms with E-state index in [9.17, 15) is 19.2 Å². The van der Waals surface area contributed by atoms with Crippen molar-refractivity contribution in [2.24, 2.45) is 0 Å². The molecule has 0 bridgehead atoms. The van der Waals surface area contributed by atoms with Crippen LogP contribution in [0.25, 0.3) is 27.9 Å². The first-order valence-electron chi connectivity index (χ1n) is 13.2. The summed E-state index contributed by atoms with van der Waals surface area (Å²) < 4.78 is 0. The quantitative estimate of drug-likeness (QED) is 0.118. The second-order valence-electron chi connectivity index (χ2n) is 9.45. The molecule has 0 aliphatic rings. The molecule has 214 valence electrons. The van der Waals surface area contributed by atoms with Gasteiger partial charge in [-0.15, -0.1) is 0 Å². The summed E-state index contributed by atoms with van der Waals surface area (Å²) in [5.41, 5.74) is 4.46. The van der Waals surface area contributed by atoms with Gasteiger partial charge in [0.15, 0.2) is 0 Å². The molecule has 0 saturated heterocycles. The normalized spacial score (nSPS) is 10.9. The average Bonchev–Trinajstić information content (AvgIpc) is 3.03. The minimum atomic E-state index is -0.703. The summed E-state index contributed by atoms with van der Waals surface area (Å²) in [6, 6.07) is 24.3. The lowest BCUT2D eigenvalue weighted by molar-refractivity contribution is -0.124. The monoisotopic (exact) mass is 574 g/mol. The summed E-state index contributed by atoms with van der Waals surface area (Å²) in [4.78, 5) is 61.1.